The van der Waals surface area contributed by atoms with Gasteiger partial charge in [0.25, 0.3) is 0 Å². The molecule has 0 amide bonds. The molecule has 0 unspecified atom stereocenters. The second-order valence-corrected chi connectivity index (χ2v) is 6.67. The van der Waals surface area contributed by atoms with Gasteiger partial charge >= 0.3 is 5.97 Å². The molecule has 0 radical (unpaired) electrons. The summed E-state index contributed by atoms with van der Waals surface area (Å²) in [6, 6.07) is 20.7. The summed E-state index contributed by atoms with van der Waals surface area (Å²) in [6.07, 6.45) is 0.733. The van der Waals surface area contributed by atoms with E-state index in [0.717, 1.165) is 23.3 Å². The minimum absolute atomic E-state index is 0.198. The van der Waals surface area contributed by atoms with Gasteiger partial charge in [0.1, 0.15) is 6.61 Å². The van der Waals surface area contributed by atoms with Crippen LogP contribution < -0.4 is 0 Å². The van der Waals surface area contributed by atoms with Gasteiger partial charge in [-0.3, -0.25) is 0 Å². The van der Waals surface area contributed by atoms with Gasteiger partial charge in [0.2, 0.25) is 0 Å². The summed E-state index contributed by atoms with van der Waals surface area (Å²) < 4.78 is 5.54. The molecule has 3 nitrogen and oxygen atoms in total. The number of carbonyl (C=O) groups excluding carboxylic acids is 1. The normalized spacial score (nSPS) is 18.4. The molecule has 0 bridgehead atoms. The molecule has 2 aromatic carbocycles. The van der Waals surface area contributed by atoms with E-state index in [9.17, 15) is 4.79 Å². The third-order valence-electron chi connectivity index (χ3n) is 4.96. The van der Waals surface area contributed by atoms with E-state index in [1.807, 2.05) is 43.3 Å². The fourth-order valence-corrected chi connectivity index (χ4v) is 3.63. The molecule has 0 aromatic heterocycles. The highest BCUT2D eigenvalue weighted by atomic mass is 16.5. The Kier molecular flexibility index (Phi) is 5.22. The van der Waals surface area contributed by atoms with Crippen molar-refractivity contribution in [2.75, 3.05) is 0 Å². The Bertz CT molecular complexity index is 752. The van der Waals surface area contributed by atoms with Gasteiger partial charge in [0.05, 0.1) is 11.6 Å². The molecule has 1 heterocycles. The Hall–Kier alpha value is -2.55. The van der Waals surface area contributed by atoms with Gasteiger partial charge in [-0.1, -0.05) is 60.7 Å². The Labute approximate surface area is 149 Å². The summed E-state index contributed by atoms with van der Waals surface area (Å²) in [5.41, 5.74) is 4.09. The van der Waals surface area contributed by atoms with Crippen molar-refractivity contribution in [2.45, 2.75) is 45.9 Å². The molecule has 0 saturated heterocycles. The van der Waals surface area contributed by atoms with E-state index >= 15 is 0 Å². The maximum absolute atomic E-state index is 12.6. The Balaban J connectivity index is 1.73. The second-order valence-electron chi connectivity index (χ2n) is 6.67. The van der Waals surface area contributed by atoms with Crippen LogP contribution in [-0.4, -0.2) is 16.9 Å². The first-order chi connectivity index (χ1) is 12.1. The average Bonchev–Trinajstić information content (AvgIpc) is 2.95. The predicted molar refractivity (Wildman–Crippen MR) is 99.7 cm³/mol. The smallest absolute Gasteiger partial charge is 0.336 e. The van der Waals surface area contributed by atoms with Crippen LogP contribution in [0.15, 0.2) is 71.9 Å². The molecule has 3 heteroatoms. The number of esters is 1. The molecule has 2 aromatic rings. The van der Waals surface area contributed by atoms with Crippen molar-refractivity contribution in [1.82, 2.24) is 4.90 Å². The van der Waals surface area contributed by atoms with Crippen LogP contribution in [-0.2, 0) is 16.1 Å². The molecule has 0 spiro atoms. The van der Waals surface area contributed by atoms with E-state index in [4.69, 9.17) is 4.74 Å². The third-order valence-corrected chi connectivity index (χ3v) is 4.96. The van der Waals surface area contributed by atoms with Gasteiger partial charge in [-0.25, -0.2) is 4.79 Å². The van der Waals surface area contributed by atoms with Crippen LogP contribution in [0, 0.1) is 0 Å². The van der Waals surface area contributed by atoms with Crippen LogP contribution in [0.3, 0.4) is 0 Å². The maximum Gasteiger partial charge on any atom is 0.336 e. The molecule has 3 rings (SSSR count). The first kappa shape index (κ1) is 17.3. The molecule has 0 N–H and O–H groups in total. The molecule has 0 aliphatic carbocycles. The predicted octanol–water partition coefficient (Wildman–Crippen LogP) is 4.86. The molecule has 1 aliphatic rings. The molecule has 1 aliphatic heterocycles. The van der Waals surface area contributed by atoms with Crippen LogP contribution in [0.25, 0.3) is 0 Å². The standard InChI is InChI=1S/C22H25NO2/c1-16-14-21(22(24)25-15-19-10-6-4-7-11-19)18(3)23(16)17(2)20-12-8-5-9-13-20/h4-13,16-17H,14-15H2,1-3H3/t16-,17+/m1/s1. The number of rotatable bonds is 5. The van der Waals surface area contributed by atoms with E-state index in [-0.39, 0.29) is 18.1 Å². The lowest BCUT2D eigenvalue weighted by Crippen LogP contribution is -2.29. The number of allylic oxidation sites excluding steroid dienone is 1. The van der Waals surface area contributed by atoms with Crippen molar-refractivity contribution in [3.8, 4) is 0 Å². The summed E-state index contributed by atoms with van der Waals surface area (Å²) in [6.45, 7) is 6.70. The lowest BCUT2D eigenvalue weighted by molar-refractivity contribution is -0.140. The van der Waals surface area contributed by atoms with Gasteiger partial charge in [0.15, 0.2) is 0 Å². The molecule has 2 atom stereocenters. The summed E-state index contributed by atoms with van der Waals surface area (Å²) in [5, 5.41) is 0. The van der Waals surface area contributed by atoms with E-state index in [1.165, 1.54) is 5.56 Å². The second kappa shape index (κ2) is 7.56. The first-order valence-electron chi connectivity index (χ1n) is 8.82. The summed E-state index contributed by atoms with van der Waals surface area (Å²) >= 11 is 0. The molecule has 130 valence electrons. The lowest BCUT2D eigenvalue weighted by Gasteiger charge is -2.33. The summed E-state index contributed by atoms with van der Waals surface area (Å²) in [7, 11) is 0. The minimum atomic E-state index is -0.198. The topological polar surface area (TPSA) is 29.5 Å². The van der Waals surface area contributed by atoms with Crippen molar-refractivity contribution < 1.29 is 9.53 Å². The van der Waals surface area contributed by atoms with Crippen molar-refractivity contribution in [1.29, 1.82) is 0 Å². The van der Waals surface area contributed by atoms with E-state index < -0.39 is 0 Å². The maximum atomic E-state index is 12.6. The van der Waals surface area contributed by atoms with Gasteiger partial charge in [-0.15, -0.1) is 0 Å². The zero-order valence-corrected chi connectivity index (χ0v) is 15.1. The van der Waals surface area contributed by atoms with Crippen molar-refractivity contribution in [3.63, 3.8) is 0 Å². The molecule has 0 fully saturated rings. The molecule has 25 heavy (non-hydrogen) atoms. The van der Waals surface area contributed by atoms with Crippen molar-refractivity contribution in [2.24, 2.45) is 0 Å². The van der Waals surface area contributed by atoms with Gasteiger partial charge < -0.3 is 9.64 Å². The number of carbonyl (C=O) groups is 1. The zero-order chi connectivity index (χ0) is 17.8. The number of ether oxygens (including phenoxy) is 1. The van der Waals surface area contributed by atoms with Crippen LogP contribution in [0.2, 0.25) is 0 Å². The highest BCUT2D eigenvalue weighted by molar-refractivity contribution is 5.90. The highest BCUT2D eigenvalue weighted by Crippen LogP contribution is 2.36. The summed E-state index contributed by atoms with van der Waals surface area (Å²) in [4.78, 5) is 14.9. The quantitative estimate of drug-likeness (QED) is 0.731. The zero-order valence-electron chi connectivity index (χ0n) is 15.1. The third kappa shape index (κ3) is 3.76. The number of hydrogen-bond acceptors (Lipinski definition) is 3. The van der Waals surface area contributed by atoms with Gasteiger partial charge in [-0.05, 0) is 31.9 Å². The van der Waals surface area contributed by atoms with Crippen molar-refractivity contribution >= 4 is 5.97 Å². The lowest BCUT2D eigenvalue weighted by atomic mass is 10.1. The Morgan fingerprint density at radius 3 is 2.36 bits per heavy atom. The molecular formula is C22H25NO2. The summed E-state index contributed by atoms with van der Waals surface area (Å²) in [5.74, 6) is -0.198. The van der Waals surface area contributed by atoms with Gasteiger partial charge in [-0.2, -0.15) is 0 Å². The number of hydrogen-bond donors (Lipinski definition) is 0. The average molecular weight is 335 g/mol. The fourth-order valence-electron chi connectivity index (χ4n) is 3.63. The fraction of sp³-hybridized carbons (Fsp3) is 0.318. The van der Waals surface area contributed by atoms with Crippen LogP contribution in [0.1, 0.15) is 44.4 Å². The number of benzene rings is 2. The first-order valence-corrected chi connectivity index (χ1v) is 8.82. The van der Waals surface area contributed by atoms with Crippen LogP contribution >= 0.6 is 0 Å². The molecular weight excluding hydrogens is 310 g/mol. The minimum Gasteiger partial charge on any atom is -0.457 e. The van der Waals surface area contributed by atoms with Crippen LogP contribution in [0.4, 0.5) is 0 Å². The van der Waals surface area contributed by atoms with Crippen molar-refractivity contribution in [3.05, 3.63) is 83.1 Å². The van der Waals surface area contributed by atoms with E-state index in [1.54, 1.807) is 0 Å². The number of nitrogens with zero attached hydrogens (tertiary/aromatic N) is 1. The van der Waals surface area contributed by atoms with E-state index in [2.05, 4.69) is 43.0 Å². The van der Waals surface area contributed by atoms with Crippen LogP contribution in [0.5, 0.6) is 0 Å². The Morgan fingerprint density at radius 2 is 1.72 bits per heavy atom. The monoisotopic (exact) mass is 335 g/mol. The highest BCUT2D eigenvalue weighted by Gasteiger charge is 2.33. The van der Waals surface area contributed by atoms with E-state index in [0.29, 0.717) is 6.61 Å². The Morgan fingerprint density at radius 1 is 1.12 bits per heavy atom. The molecule has 0 saturated carbocycles. The SMILES string of the molecule is CC1=C(C(=O)OCc2ccccc2)C[C@@H](C)N1[C@@H](C)c1ccccc1. The van der Waals surface area contributed by atoms with Gasteiger partial charge in [0, 0.05) is 18.2 Å². The largest absolute Gasteiger partial charge is 0.457 e.